The molecule has 4 rings (SSSR count). The van der Waals surface area contributed by atoms with Crippen molar-refractivity contribution in [3.05, 3.63) is 77.0 Å². The maximum absolute atomic E-state index is 14.9. The zero-order valence-electron chi connectivity index (χ0n) is 21.9. The molecule has 0 bridgehead atoms. The van der Waals surface area contributed by atoms with E-state index in [1.54, 1.807) is 6.20 Å². The first-order chi connectivity index (χ1) is 17.8. The lowest BCUT2D eigenvalue weighted by Crippen LogP contribution is -2.34. The van der Waals surface area contributed by atoms with Gasteiger partial charge in [0.25, 0.3) is 5.91 Å². The van der Waals surface area contributed by atoms with E-state index >= 15 is 0 Å². The van der Waals surface area contributed by atoms with E-state index in [1.807, 2.05) is 6.07 Å². The van der Waals surface area contributed by atoms with Gasteiger partial charge in [-0.1, -0.05) is 13.8 Å². The number of nitrogens with zero attached hydrogens (tertiary/aromatic N) is 2. The van der Waals surface area contributed by atoms with E-state index in [9.17, 15) is 23.1 Å². The average Bonchev–Trinajstić information content (AvgIpc) is 2.84. The molecule has 2 aromatic heterocycles. The highest BCUT2D eigenvalue weighted by atomic mass is 19.1. The summed E-state index contributed by atoms with van der Waals surface area (Å²) in [7, 11) is 0. The lowest BCUT2D eigenvalue weighted by Gasteiger charge is -2.36. The van der Waals surface area contributed by atoms with Crippen molar-refractivity contribution in [1.29, 1.82) is 0 Å². The third-order valence-electron chi connectivity index (χ3n) is 7.33. The first kappa shape index (κ1) is 27.7. The van der Waals surface area contributed by atoms with Gasteiger partial charge in [0.1, 0.15) is 28.8 Å². The van der Waals surface area contributed by atoms with Crippen LogP contribution in [0.5, 0.6) is 0 Å². The van der Waals surface area contributed by atoms with Crippen LogP contribution >= 0.6 is 0 Å². The summed E-state index contributed by atoms with van der Waals surface area (Å²) >= 11 is 0. The van der Waals surface area contributed by atoms with Crippen LogP contribution in [0.3, 0.4) is 0 Å². The molecule has 3 aromatic rings. The summed E-state index contributed by atoms with van der Waals surface area (Å²) in [5.74, 6) is -2.82. The number of benzene rings is 1. The monoisotopic (exact) mass is 526 g/mol. The minimum Gasteiger partial charge on any atom is -0.386 e. The molecule has 0 spiro atoms. The number of aromatic nitrogens is 2. The minimum absolute atomic E-state index is 0.0169. The Hall–Kier alpha value is -3.30. The number of rotatable bonds is 6. The molecule has 0 saturated heterocycles. The van der Waals surface area contributed by atoms with E-state index in [2.05, 4.69) is 29.1 Å². The van der Waals surface area contributed by atoms with Crippen LogP contribution in [0.4, 0.5) is 18.9 Å². The molecule has 4 N–H and O–H groups in total. The molecular formula is C29H33F3N4O2. The number of nitrogens with two attached hydrogens (primary N) is 1. The third kappa shape index (κ3) is 5.89. The fourth-order valence-electron chi connectivity index (χ4n) is 5.16. The summed E-state index contributed by atoms with van der Waals surface area (Å²) in [4.78, 5) is 21.3. The molecule has 0 radical (unpaired) electrons. The Morgan fingerprint density at radius 1 is 1.08 bits per heavy atom. The first-order valence-electron chi connectivity index (χ1n) is 12.7. The molecule has 2 heterocycles. The number of nitrogens with one attached hydrogen (secondary N) is 1. The number of hydrogen-bond acceptors (Lipinski definition) is 5. The maximum atomic E-state index is 14.9. The van der Waals surface area contributed by atoms with Crippen LogP contribution in [0.1, 0.15) is 74.5 Å². The van der Waals surface area contributed by atoms with Crippen molar-refractivity contribution in [2.75, 3.05) is 5.32 Å². The minimum atomic E-state index is -1.51. The summed E-state index contributed by atoms with van der Waals surface area (Å²) in [6.07, 6.45) is 5.85. The van der Waals surface area contributed by atoms with E-state index in [0.29, 0.717) is 17.5 Å². The highest BCUT2D eigenvalue weighted by Gasteiger charge is 2.31. The van der Waals surface area contributed by atoms with E-state index in [-0.39, 0.29) is 23.2 Å². The van der Waals surface area contributed by atoms with Crippen molar-refractivity contribution >= 4 is 11.6 Å². The molecule has 0 unspecified atom stereocenters. The number of amides is 1. The molecule has 38 heavy (non-hydrogen) atoms. The summed E-state index contributed by atoms with van der Waals surface area (Å²) < 4.78 is 44.5. The second-order valence-electron chi connectivity index (χ2n) is 11.0. The van der Waals surface area contributed by atoms with Gasteiger partial charge in [0.2, 0.25) is 0 Å². The highest BCUT2D eigenvalue weighted by Crippen LogP contribution is 2.41. The number of aliphatic hydroxyl groups is 1. The van der Waals surface area contributed by atoms with E-state index in [1.165, 1.54) is 20.0 Å². The lowest BCUT2D eigenvalue weighted by molar-refractivity contribution is 0.0778. The van der Waals surface area contributed by atoms with Crippen molar-refractivity contribution in [3.63, 3.8) is 0 Å². The largest absolute Gasteiger partial charge is 0.386 e. The normalized spacial score (nSPS) is 20.0. The molecule has 3 atom stereocenters. The molecular weight excluding hydrogens is 493 g/mol. The first-order valence-corrected chi connectivity index (χ1v) is 12.7. The third-order valence-corrected chi connectivity index (χ3v) is 7.33. The number of carbonyl (C=O) groups excluding carboxylic acids is 1. The molecule has 1 aliphatic rings. The van der Waals surface area contributed by atoms with Crippen LogP contribution in [0.25, 0.3) is 11.3 Å². The molecule has 1 aliphatic carbocycles. The quantitative estimate of drug-likeness (QED) is 0.371. The lowest BCUT2D eigenvalue weighted by atomic mass is 9.72. The number of pyridine rings is 2. The number of halogens is 3. The summed E-state index contributed by atoms with van der Waals surface area (Å²) in [6, 6.07) is 5.84. The van der Waals surface area contributed by atoms with Gasteiger partial charge in [-0.15, -0.1) is 0 Å². The average molecular weight is 527 g/mol. The fraction of sp³-hybridized carbons (Fsp3) is 0.414. The Labute approximate surface area is 220 Å². The van der Waals surface area contributed by atoms with Crippen molar-refractivity contribution in [2.45, 2.75) is 64.5 Å². The molecule has 9 heteroatoms. The second kappa shape index (κ2) is 10.8. The number of carbonyl (C=O) groups is 1. The van der Waals surface area contributed by atoms with Crippen LogP contribution in [-0.2, 0) is 5.60 Å². The van der Waals surface area contributed by atoms with Gasteiger partial charge in [-0.25, -0.2) is 18.2 Å². The van der Waals surface area contributed by atoms with E-state index in [4.69, 9.17) is 5.73 Å². The molecule has 1 aromatic carbocycles. The van der Waals surface area contributed by atoms with Crippen LogP contribution < -0.4 is 11.1 Å². The van der Waals surface area contributed by atoms with E-state index < -0.39 is 40.2 Å². The van der Waals surface area contributed by atoms with Crippen molar-refractivity contribution in [1.82, 2.24) is 9.97 Å². The van der Waals surface area contributed by atoms with Crippen LogP contribution in [0, 0.1) is 29.3 Å². The summed E-state index contributed by atoms with van der Waals surface area (Å²) in [5, 5.41) is 12.9. The number of hydrogen-bond donors (Lipinski definition) is 3. The van der Waals surface area contributed by atoms with Gasteiger partial charge in [0.05, 0.1) is 23.0 Å². The van der Waals surface area contributed by atoms with Gasteiger partial charge in [0, 0.05) is 12.2 Å². The Morgan fingerprint density at radius 3 is 2.39 bits per heavy atom. The van der Waals surface area contributed by atoms with E-state index in [0.717, 1.165) is 49.1 Å². The van der Waals surface area contributed by atoms with Crippen LogP contribution in [0.2, 0.25) is 0 Å². The zero-order chi connectivity index (χ0) is 27.8. The fourth-order valence-corrected chi connectivity index (χ4v) is 5.16. The standard InChI is InChI=1S/C29H33F3N4O2/c1-15(2)16-9-17(11-19(33)10-16)20-7-8-34-14-25(20)36-28(37)24-6-5-21(30)27(35-24)26-22(31)12-18(13-23(26)32)29(3,4)38/h5-8,12-17,19,38H,9-11,33H2,1-4H3,(H,36,37)/t16-,17+,19-/m0/s1. The van der Waals surface area contributed by atoms with Crippen LogP contribution in [0.15, 0.2) is 42.7 Å². The highest BCUT2D eigenvalue weighted by molar-refractivity contribution is 6.03. The van der Waals surface area contributed by atoms with Crippen LogP contribution in [-0.4, -0.2) is 27.0 Å². The predicted octanol–water partition coefficient (Wildman–Crippen LogP) is 5.91. The molecule has 0 aliphatic heterocycles. The van der Waals surface area contributed by atoms with Crippen molar-refractivity contribution < 1.29 is 23.1 Å². The molecule has 1 saturated carbocycles. The van der Waals surface area contributed by atoms with Crippen molar-refractivity contribution in [2.24, 2.45) is 17.6 Å². The smallest absolute Gasteiger partial charge is 0.274 e. The maximum Gasteiger partial charge on any atom is 0.274 e. The van der Waals surface area contributed by atoms with Gasteiger partial charge in [-0.3, -0.25) is 9.78 Å². The van der Waals surface area contributed by atoms with Gasteiger partial charge < -0.3 is 16.2 Å². The Bertz CT molecular complexity index is 1320. The number of anilines is 1. The SMILES string of the molecule is CC(C)[C@@H]1C[C@H](N)C[C@H](c2ccncc2NC(=O)c2ccc(F)c(-c3c(F)cc(C(C)(C)O)cc3F)n2)C1. The molecule has 1 amide bonds. The molecule has 202 valence electrons. The summed E-state index contributed by atoms with van der Waals surface area (Å²) in [5.41, 5.74) is 4.63. The van der Waals surface area contributed by atoms with Gasteiger partial charge >= 0.3 is 0 Å². The summed E-state index contributed by atoms with van der Waals surface area (Å²) in [6.45, 7) is 7.11. The van der Waals surface area contributed by atoms with Gasteiger partial charge in [-0.05, 0) is 92.3 Å². The zero-order valence-corrected chi connectivity index (χ0v) is 21.9. The van der Waals surface area contributed by atoms with Gasteiger partial charge in [0.15, 0.2) is 0 Å². The van der Waals surface area contributed by atoms with Gasteiger partial charge in [-0.2, -0.15) is 0 Å². The topological polar surface area (TPSA) is 101 Å². The molecule has 1 fully saturated rings. The Morgan fingerprint density at radius 2 is 1.76 bits per heavy atom. The molecule has 6 nitrogen and oxygen atoms in total. The predicted molar refractivity (Wildman–Crippen MR) is 140 cm³/mol. The Balaban J connectivity index is 1.64. The second-order valence-corrected chi connectivity index (χ2v) is 11.0. The Kier molecular flexibility index (Phi) is 7.90. The van der Waals surface area contributed by atoms with Crippen molar-refractivity contribution in [3.8, 4) is 11.3 Å².